The summed E-state index contributed by atoms with van der Waals surface area (Å²) in [6, 6.07) is 0.390. The van der Waals surface area contributed by atoms with E-state index in [0.717, 1.165) is 25.7 Å². The molecular weight excluding hydrogens is 228 g/mol. The van der Waals surface area contributed by atoms with Crippen molar-refractivity contribution in [2.75, 3.05) is 13.7 Å². The van der Waals surface area contributed by atoms with E-state index in [2.05, 4.69) is 0 Å². The monoisotopic (exact) mass is 256 g/mol. The third-order valence-electron chi connectivity index (χ3n) is 5.17. The summed E-state index contributed by atoms with van der Waals surface area (Å²) in [7, 11) is 1.76. The van der Waals surface area contributed by atoms with Gasteiger partial charge in [-0.3, -0.25) is 0 Å². The van der Waals surface area contributed by atoms with Gasteiger partial charge in [-0.25, -0.2) is 0 Å². The Bertz CT molecular complexity index is 236. The van der Waals surface area contributed by atoms with Crippen LogP contribution in [-0.2, 0) is 4.74 Å². The summed E-state index contributed by atoms with van der Waals surface area (Å²) >= 11 is 0. The van der Waals surface area contributed by atoms with Crippen LogP contribution in [-0.4, -0.2) is 37.0 Å². The molecule has 6 unspecified atom stereocenters. The normalized spacial score (nSPS) is 46.0. The van der Waals surface area contributed by atoms with Crippen molar-refractivity contribution in [1.29, 1.82) is 0 Å². The Hall–Kier alpha value is -0.160. The van der Waals surface area contributed by atoms with Crippen LogP contribution in [0.4, 0.5) is 0 Å². The van der Waals surface area contributed by atoms with Crippen molar-refractivity contribution < 1.29 is 9.84 Å². The molecule has 6 atom stereocenters. The zero-order valence-corrected chi connectivity index (χ0v) is 11.4. The molecule has 4 nitrogen and oxygen atoms in total. The lowest BCUT2D eigenvalue weighted by atomic mass is 9.68. The van der Waals surface area contributed by atoms with Crippen molar-refractivity contribution >= 4 is 0 Å². The molecule has 0 radical (unpaired) electrons. The van der Waals surface area contributed by atoms with E-state index in [1.54, 1.807) is 7.11 Å². The van der Waals surface area contributed by atoms with Gasteiger partial charge in [0.2, 0.25) is 0 Å². The van der Waals surface area contributed by atoms with Crippen molar-refractivity contribution in [3.8, 4) is 0 Å². The number of nitrogens with two attached hydrogens (primary N) is 2. The molecule has 5 N–H and O–H groups in total. The predicted octanol–water partition coefficient (Wildman–Crippen LogP) is 0.865. The molecule has 0 heterocycles. The van der Waals surface area contributed by atoms with Crippen LogP contribution < -0.4 is 11.5 Å². The van der Waals surface area contributed by atoms with E-state index in [-0.39, 0.29) is 24.8 Å². The second-order valence-corrected chi connectivity index (χ2v) is 6.19. The molecule has 2 saturated carbocycles. The summed E-state index contributed by atoms with van der Waals surface area (Å²) < 4.78 is 5.50. The number of methoxy groups -OCH3 is 1. The van der Waals surface area contributed by atoms with Crippen molar-refractivity contribution in [1.82, 2.24) is 0 Å². The van der Waals surface area contributed by atoms with Crippen molar-refractivity contribution in [3.63, 3.8) is 0 Å². The van der Waals surface area contributed by atoms with Crippen LogP contribution in [0.15, 0.2) is 0 Å². The lowest BCUT2D eigenvalue weighted by molar-refractivity contribution is 0.00858. The largest absolute Gasteiger partial charge is 0.396 e. The minimum absolute atomic E-state index is 0.190. The third-order valence-corrected chi connectivity index (χ3v) is 5.17. The average molecular weight is 256 g/mol. The number of hydrogen-bond donors (Lipinski definition) is 3. The average Bonchev–Trinajstić information content (AvgIpc) is 2.40. The first-order valence-corrected chi connectivity index (χ1v) is 7.30. The van der Waals surface area contributed by atoms with Gasteiger partial charge in [0.1, 0.15) is 0 Å². The van der Waals surface area contributed by atoms with Crippen LogP contribution in [0, 0.1) is 17.8 Å². The van der Waals surface area contributed by atoms with Crippen molar-refractivity contribution in [2.24, 2.45) is 29.2 Å². The van der Waals surface area contributed by atoms with Crippen molar-refractivity contribution in [3.05, 3.63) is 0 Å². The maximum absolute atomic E-state index is 9.39. The van der Waals surface area contributed by atoms with Gasteiger partial charge in [0.15, 0.2) is 0 Å². The Kier molecular flexibility index (Phi) is 5.01. The van der Waals surface area contributed by atoms with Crippen LogP contribution in [0.5, 0.6) is 0 Å². The minimum atomic E-state index is 0.190. The lowest BCUT2D eigenvalue weighted by Gasteiger charge is -2.42. The standard InChI is InChI=1S/C14H28N2O2/c1-18-14-7-10(3-5-13(14)16)9-2-4-12(15)11(6-9)8-17/h9-14,17H,2-8,15-16H2,1H3. The van der Waals surface area contributed by atoms with Gasteiger partial charge < -0.3 is 21.3 Å². The van der Waals surface area contributed by atoms with E-state index in [1.165, 1.54) is 12.8 Å². The first-order valence-electron chi connectivity index (χ1n) is 7.30. The molecule has 2 aliphatic rings. The molecule has 0 aliphatic heterocycles. The Labute approximate surface area is 110 Å². The Morgan fingerprint density at radius 3 is 2.22 bits per heavy atom. The Morgan fingerprint density at radius 2 is 1.61 bits per heavy atom. The highest BCUT2D eigenvalue weighted by atomic mass is 16.5. The van der Waals surface area contributed by atoms with Crippen LogP contribution >= 0.6 is 0 Å². The fourth-order valence-corrected chi connectivity index (χ4v) is 3.84. The topological polar surface area (TPSA) is 81.5 Å². The Morgan fingerprint density at radius 1 is 1.00 bits per heavy atom. The third kappa shape index (κ3) is 3.05. The van der Waals surface area contributed by atoms with E-state index in [1.807, 2.05) is 0 Å². The van der Waals surface area contributed by atoms with Gasteiger partial charge in [-0.05, 0) is 56.3 Å². The molecule has 0 saturated heterocycles. The van der Waals surface area contributed by atoms with Crippen molar-refractivity contribution in [2.45, 2.75) is 56.7 Å². The fourth-order valence-electron chi connectivity index (χ4n) is 3.84. The molecule has 0 bridgehead atoms. The highest BCUT2D eigenvalue weighted by molar-refractivity contribution is 4.90. The van der Waals surface area contributed by atoms with Gasteiger partial charge in [-0.1, -0.05) is 0 Å². The van der Waals surface area contributed by atoms with Gasteiger partial charge in [0, 0.05) is 25.8 Å². The highest BCUT2D eigenvalue weighted by Gasteiger charge is 2.36. The van der Waals surface area contributed by atoms with Crippen LogP contribution in [0.25, 0.3) is 0 Å². The maximum atomic E-state index is 9.39. The lowest BCUT2D eigenvalue weighted by Crippen LogP contribution is -2.45. The molecule has 106 valence electrons. The summed E-state index contributed by atoms with van der Waals surface area (Å²) in [4.78, 5) is 0. The SMILES string of the molecule is COC1CC(C2CCC(N)C(CO)C2)CCC1N. The van der Waals surface area contributed by atoms with Crippen LogP contribution in [0.2, 0.25) is 0 Å². The number of hydrogen-bond acceptors (Lipinski definition) is 4. The number of ether oxygens (including phenoxy) is 1. The molecule has 0 aromatic rings. The first kappa shape index (κ1) is 14.3. The molecule has 18 heavy (non-hydrogen) atoms. The number of rotatable bonds is 3. The van der Waals surface area contributed by atoms with Gasteiger partial charge >= 0.3 is 0 Å². The van der Waals surface area contributed by atoms with E-state index >= 15 is 0 Å². The maximum Gasteiger partial charge on any atom is 0.0724 e. The zero-order chi connectivity index (χ0) is 13.1. The van der Waals surface area contributed by atoms with E-state index in [9.17, 15) is 5.11 Å². The molecule has 2 aliphatic carbocycles. The molecule has 0 spiro atoms. The minimum Gasteiger partial charge on any atom is -0.396 e. The quantitative estimate of drug-likeness (QED) is 0.699. The van der Waals surface area contributed by atoms with Crippen LogP contribution in [0.3, 0.4) is 0 Å². The molecular formula is C14H28N2O2. The molecule has 0 amide bonds. The summed E-state index contributed by atoms with van der Waals surface area (Å²) in [5.74, 6) is 1.70. The molecule has 2 rings (SSSR count). The smallest absolute Gasteiger partial charge is 0.0724 e. The molecule has 0 aromatic heterocycles. The van der Waals surface area contributed by atoms with Gasteiger partial charge in [-0.2, -0.15) is 0 Å². The predicted molar refractivity (Wildman–Crippen MR) is 72.0 cm³/mol. The number of aliphatic hydroxyl groups excluding tert-OH is 1. The van der Waals surface area contributed by atoms with Gasteiger partial charge in [0.05, 0.1) is 6.10 Å². The summed E-state index contributed by atoms with van der Waals surface area (Å²) in [5, 5.41) is 9.39. The zero-order valence-electron chi connectivity index (χ0n) is 11.4. The summed E-state index contributed by atoms with van der Waals surface area (Å²) in [5.41, 5.74) is 12.1. The van der Waals surface area contributed by atoms with Gasteiger partial charge in [-0.15, -0.1) is 0 Å². The van der Waals surface area contributed by atoms with Gasteiger partial charge in [0.25, 0.3) is 0 Å². The van der Waals surface area contributed by atoms with E-state index in [0.29, 0.717) is 17.8 Å². The first-order chi connectivity index (χ1) is 8.65. The van der Waals surface area contributed by atoms with Crippen LogP contribution in [0.1, 0.15) is 38.5 Å². The second-order valence-electron chi connectivity index (χ2n) is 6.19. The second kappa shape index (κ2) is 6.33. The molecule has 4 heteroatoms. The van der Waals surface area contributed by atoms with E-state index < -0.39 is 0 Å². The fraction of sp³-hybridized carbons (Fsp3) is 1.00. The summed E-state index contributed by atoms with van der Waals surface area (Å²) in [6.07, 6.45) is 6.90. The molecule has 2 fully saturated rings. The highest BCUT2D eigenvalue weighted by Crippen LogP contribution is 2.40. The summed E-state index contributed by atoms with van der Waals surface area (Å²) in [6.45, 7) is 0.234. The molecule has 0 aromatic carbocycles. The van der Waals surface area contributed by atoms with E-state index in [4.69, 9.17) is 16.2 Å². The number of aliphatic hydroxyl groups is 1. The Balaban J connectivity index is 1.91.